The number of allylic oxidation sites excluding steroid dienone is 1. The highest BCUT2D eigenvalue weighted by Crippen LogP contribution is 2.39. The Kier molecular flexibility index (Phi) is 5.07. The lowest BCUT2D eigenvalue weighted by Crippen LogP contribution is -2.03. The Morgan fingerprint density at radius 1 is 1.11 bits per heavy atom. The third kappa shape index (κ3) is 3.32. The van der Waals surface area contributed by atoms with E-state index in [1.807, 2.05) is 19.0 Å². The van der Waals surface area contributed by atoms with Gasteiger partial charge in [0.15, 0.2) is 11.5 Å². The van der Waals surface area contributed by atoms with E-state index in [1.54, 1.807) is 39.7 Å². The minimum absolute atomic E-state index is 0.510. The molecule has 0 amide bonds. The molecule has 5 heteroatoms. The maximum Gasteiger partial charge on any atom is 0.203 e. The lowest BCUT2D eigenvalue weighted by atomic mass is 10.1. The highest BCUT2D eigenvalue weighted by molar-refractivity contribution is 5.79. The van der Waals surface area contributed by atoms with Crippen LogP contribution < -0.4 is 14.2 Å². The van der Waals surface area contributed by atoms with Gasteiger partial charge in [0.2, 0.25) is 5.75 Å². The summed E-state index contributed by atoms with van der Waals surface area (Å²) in [6.45, 7) is 0. The average Bonchev–Trinajstić information content (AvgIpc) is 2.42. The molecule has 102 valence electrons. The van der Waals surface area contributed by atoms with Crippen molar-refractivity contribution in [3.05, 3.63) is 23.9 Å². The SMILES string of the molecule is COc1cc(/C(C#N)=C/N(C)C)cc(OC)c1OC. The van der Waals surface area contributed by atoms with E-state index in [2.05, 4.69) is 6.07 Å². The first kappa shape index (κ1) is 14.7. The summed E-state index contributed by atoms with van der Waals surface area (Å²) in [5, 5.41) is 9.22. The lowest BCUT2D eigenvalue weighted by Gasteiger charge is -2.14. The molecule has 5 nitrogen and oxygen atoms in total. The van der Waals surface area contributed by atoms with Gasteiger partial charge in [-0.25, -0.2) is 0 Å². The van der Waals surface area contributed by atoms with Crippen molar-refractivity contribution in [2.75, 3.05) is 35.4 Å². The molecule has 1 aromatic rings. The van der Waals surface area contributed by atoms with E-state index in [0.717, 1.165) is 0 Å². The number of rotatable bonds is 5. The summed E-state index contributed by atoms with van der Waals surface area (Å²) in [6.07, 6.45) is 1.74. The third-order valence-corrected chi connectivity index (χ3v) is 2.48. The zero-order valence-corrected chi connectivity index (χ0v) is 11.9. The fourth-order valence-corrected chi connectivity index (χ4v) is 1.66. The zero-order valence-electron chi connectivity index (χ0n) is 11.9. The van der Waals surface area contributed by atoms with Gasteiger partial charge in [-0.05, 0) is 12.1 Å². The predicted molar refractivity (Wildman–Crippen MR) is 73.4 cm³/mol. The van der Waals surface area contributed by atoms with Crippen molar-refractivity contribution in [2.45, 2.75) is 0 Å². The summed E-state index contributed by atoms with van der Waals surface area (Å²) in [7, 11) is 8.34. The van der Waals surface area contributed by atoms with Crippen LogP contribution >= 0.6 is 0 Å². The lowest BCUT2D eigenvalue weighted by molar-refractivity contribution is 0.324. The van der Waals surface area contributed by atoms with Crippen LogP contribution in [0.2, 0.25) is 0 Å². The van der Waals surface area contributed by atoms with Crippen LogP contribution in [0.15, 0.2) is 18.3 Å². The quantitative estimate of drug-likeness (QED) is 0.761. The maximum absolute atomic E-state index is 9.22. The molecule has 0 radical (unpaired) electrons. The maximum atomic E-state index is 9.22. The Labute approximate surface area is 113 Å². The van der Waals surface area contributed by atoms with Crippen molar-refractivity contribution in [1.82, 2.24) is 4.90 Å². The number of methoxy groups -OCH3 is 3. The second-order valence-corrected chi connectivity index (χ2v) is 4.03. The normalized spacial score (nSPS) is 10.6. The average molecular weight is 262 g/mol. The number of nitrogens with zero attached hydrogens (tertiary/aromatic N) is 2. The Morgan fingerprint density at radius 2 is 1.63 bits per heavy atom. The Bertz CT molecular complexity index is 491. The van der Waals surface area contributed by atoms with Crippen molar-refractivity contribution in [3.8, 4) is 23.3 Å². The fraction of sp³-hybridized carbons (Fsp3) is 0.357. The van der Waals surface area contributed by atoms with Crippen molar-refractivity contribution in [3.63, 3.8) is 0 Å². The molecule has 0 saturated heterocycles. The van der Waals surface area contributed by atoms with Gasteiger partial charge in [0.1, 0.15) is 6.07 Å². The van der Waals surface area contributed by atoms with Crippen molar-refractivity contribution >= 4 is 5.57 Å². The molecule has 0 fully saturated rings. The van der Waals surface area contributed by atoms with Crippen molar-refractivity contribution in [1.29, 1.82) is 5.26 Å². The monoisotopic (exact) mass is 262 g/mol. The third-order valence-electron chi connectivity index (χ3n) is 2.48. The minimum atomic E-state index is 0.510. The summed E-state index contributed by atoms with van der Waals surface area (Å²) >= 11 is 0. The predicted octanol–water partition coefficient (Wildman–Crippen LogP) is 2.14. The molecule has 0 aromatic heterocycles. The molecule has 0 atom stereocenters. The molecule has 0 saturated carbocycles. The van der Waals surface area contributed by atoms with Crippen LogP contribution in [0.3, 0.4) is 0 Å². The van der Waals surface area contributed by atoms with E-state index >= 15 is 0 Å². The first-order chi connectivity index (χ1) is 9.07. The summed E-state index contributed by atoms with van der Waals surface area (Å²) < 4.78 is 15.8. The highest BCUT2D eigenvalue weighted by atomic mass is 16.5. The molecule has 0 aliphatic heterocycles. The topological polar surface area (TPSA) is 54.7 Å². The van der Waals surface area contributed by atoms with Crippen LogP contribution in [0.4, 0.5) is 0 Å². The van der Waals surface area contributed by atoms with Gasteiger partial charge in [0, 0.05) is 25.9 Å². The van der Waals surface area contributed by atoms with Crippen molar-refractivity contribution in [2.24, 2.45) is 0 Å². The van der Waals surface area contributed by atoms with Gasteiger partial charge in [-0.15, -0.1) is 0 Å². The molecule has 0 aliphatic carbocycles. The largest absolute Gasteiger partial charge is 0.493 e. The molecule has 0 aliphatic rings. The van der Waals surface area contributed by atoms with Crippen molar-refractivity contribution < 1.29 is 14.2 Å². The van der Waals surface area contributed by atoms with Crippen LogP contribution in [-0.4, -0.2) is 40.3 Å². The Balaban J connectivity index is 3.42. The molecule has 19 heavy (non-hydrogen) atoms. The van der Waals surface area contributed by atoms with Crippen LogP contribution in [0.1, 0.15) is 5.56 Å². The van der Waals surface area contributed by atoms with E-state index < -0.39 is 0 Å². The molecule has 1 rings (SSSR count). The van der Waals surface area contributed by atoms with Gasteiger partial charge in [-0.1, -0.05) is 0 Å². The minimum Gasteiger partial charge on any atom is -0.493 e. The standard InChI is InChI=1S/C14H18N2O3/c1-16(2)9-11(8-15)10-6-12(17-3)14(19-5)13(7-10)18-4/h6-7,9H,1-5H3/b11-9+. The number of ether oxygens (including phenoxy) is 3. The van der Waals surface area contributed by atoms with Crippen LogP contribution in [0.25, 0.3) is 5.57 Å². The van der Waals surface area contributed by atoms with Crippen LogP contribution in [0, 0.1) is 11.3 Å². The van der Waals surface area contributed by atoms with E-state index in [-0.39, 0.29) is 0 Å². The highest BCUT2D eigenvalue weighted by Gasteiger charge is 2.15. The van der Waals surface area contributed by atoms with Gasteiger partial charge in [-0.3, -0.25) is 0 Å². The van der Waals surface area contributed by atoms with Crippen LogP contribution in [0.5, 0.6) is 17.2 Å². The van der Waals surface area contributed by atoms with Gasteiger partial charge >= 0.3 is 0 Å². The molecule has 0 heterocycles. The number of hydrogen-bond donors (Lipinski definition) is 0. The second kappa shape index (κ2) is 6.55. The van der Waals surface area contributed by atoms with E-state index in [4.69, 9.17) is 14.2 Å². The molecular formula is C14H18N2O3. The molecule has 0 spiro atoms. The number of benzene rings is 1. The zero-order chi connectivity index (χ0) is 14.4. The van der Waals surface area contributed by atoms with Crippen LogP contribution in [-0.2, 0) is 0 Å². The number of nitriles is 1. The van der Waals surface area contributed by atoms with E-state index in [9.17, 15) is 5.26 Å². The Hall–Kier alpha value is -2.35. The molecule has 0 bridgehead atoms. The molecule has 0 N–H and O–H groups in total. The molecular weight excluding hydrogens is 244 g/mol. The summed E-state index contributed by atoms with van der Waals surface area (Å²) in [5.41, 5.74) is 1.23. The first-order valence-corrected chi connectivity index (χ1v) is 5.66. The fourth-order valence-electron chi connectivity index (χ4n) is 1.66. The first-order valence-electron chi connectivity index (χ1n) is 5.66. The second-order valence-electron chi connectivity index (χ2n) is 4.03. The van der Waals surface area contributed by atoms with Gasteiger partial charge < -0.3 is 19.1 Å². The number of hydrogen-bond acceptors (Lipinski definition) is 5. The van der Waals surface area contributed by atoms with E-state index in [0.29, 0.717) is 28.4 Å². The summed E-state index contributed by atoms with van der Waals surface area (Å²) in [6, 6.07) is 5.66. The van der Waals surface area contributed by atoms with Gasteiger partial charge in [0.05, 0.1) is 26.9 Å². The molecule has 0 unspecified atom stereocenters. The molecule has 1 aromatic carbocycles. The smallest absolute Gasteiger partial charge is 0.203 e. The van der Waals surface area contributed by atoms with Gasteiger partial charge in [0.25, 0.3) is 0 Å². The Morgan fingerprint density at radius 3 is 1.95 bits per heavy atom. The van der Waals surface area contributed by atoms with E-state index in [1.165, 1.54) is 0 Å². The summed E-state index contributed by atoms with van der Waals surface area (Å²) in [4.78, 5) is 1.81. The summed E-state index contributed by atoms with van der Waals surface area (Å²) in [5.74, 6) is 1.56. The van der Waals surface area contributed by atoms with Gasteiger partial charge in [-0.2, -0.15) is 5.26 Å².